The van der Waals surface area contributed by atoms with Crippen LogP contribution in [-0.2, 0) is 4.57 Å². The predicted molar refractivity (Wildman–Crippen MR) is 94.6 cm³/mol. The van der Waals surface area contributed by atoms with E-state index in [2.05, 4.69) is 19.1 Å². The average molecular weight is 306 g/mol. The first kappa shape index (κ1) is 14.8. The Morgan fingerprint density at radius 2 is 1.00 bits per heavy atom. The van der Waals surface area contributed by atoms with Gasteiger partial charge in [0.05, 0.1) is 0 Å². The molecule has 0 aliphatic heterocycles. The lowest BCUT2D eigenvalue weighted by atomic mass is 10.2. The number of rotatable bonds is 4. The maximum absolute atomic E-state index is 14.1. The van der Waals surface area contributed by atoms with Crippen LogP contribution < -0.4 is 10.6 Å². The largest absolute Gasteiger partial charge is 0.313 e. The highest BCUT2D eigenvalue weighted by Crippen LogP contribution is 2.56. The summed E-state index contributed by atoms with van der Waals surface area (Å²) in [7, 11) is -2.74. The highest BCUT2D eigenvalue weighted by Gasteiger charge is 2.34. The van der Waals surface area contributed by atoms with Gasteiger partial charge in [0.25, 0.3) is 0 Å². The normalized spacial score (nSPS) is 12.8. The van der Waals surface area contributed by atoms with Crippen molar-refractivity contribution in [2.75, 3.05) is 0 Å². The first-order chi connectivity index (χ1) is 10.7. The van der Waals surface area contributed by atoms with E-state index in [1.165, 1.54) is 0 Å². The van der Waals surface area contributed by atoms with Gasteiger partial charge in [0, 0.05) is 16.3 Å². The fourth-order valence-electron chi connectivity index (χ4n) is 2.84. The molecule has 0 amide bonds. The minimum atomic E-state index is -2.74. The standard InChI is InChI=1S/C20H19OP/c1-17(18-11-5-2-6-12-18)22(21,19-13-7-3-8-14-19)20-15-9-4-10-16-20/h2-17H,1H3/t17-/m0/s1. The number of hydrogen-bond donors (Lipinski definition) is 0. The minimum Gasteiger partial charge on any atom is -0.313 e. The Labute approximate surface area is 132 Å². The lowest BCUT2D eigenvalue weighted by Gasteiger charge is -2.26. The Morgan fingerprint density at radius 1 is 0.636 bits per heavy atom. The predicted octanol–water partition coefficient (Wildman–Crippen LogP) is 4.76. The second-order valence-corrected chi connectivity index (χ2v) is 8.54. The van der Waals surface area contributed by atoms with Crippen LogP contribution >= 0.6 is 7.14 Å². The molecule has 0 bridgehead atoms. The van der Waals surface area contributed by atoms with Crippen LogP contribution in [0.3, 0.4) is 0 Å². The average Bonchev–Trinajstić information content (AvgIpc) is 2.62. The fraction of sp³-hybridized carbons (Fsp3) is 0.100. The van der Waals surface area contributed by atoms with E-state index in [1.807, 2.05) is 78.9 Å². The Kier molecular flexibility index (Phi) is 4.27. The Balaban J connectivity index is 2.18. The molecule has 0 saturated heterocycles. The first-order valence-electron chi connectivity index (χ1n) is 7.49. The molecule has 3 aromatic rings. The van der Waals surface area contributed by atoms with Gasteiger partial charge in [-0.3, -0.25) is 0 Å². The molecular formula is C20H19OP. The van der Waals surface area contributed by atoms with E-state index in [0.29, 0.717) is 0 Å². The van der Waals surface area contributed by atoms with Gasteiger partial charge in [-0.25, -0.2) is 0 Å². The highest BCUT2D eigenvalue weighted by atomic mass is 31.2. The molecule has 0 spiro atoms. The summed E-state index contributed by atoms with van der Waals surface area (Å²) >= 11 is 0. The van der Waals surface area contributed by atoms with Crippen molar-refractivity contribution in [1.29, 1.82) is 0 Å². The summed E-state index contributed by atoms with van der Waals surface area (Å²) in [5.74, 6) is 0. The maximum Gasteiger partial charge on any atom is 0.150 e. The highest BCUT2D eigenvalue weighted by molar-refractivity contribution is 7.79. The van der Waals surface area contributed by atoms with Gasteiger partial charge >= 0.3 is 0 Å². The van der Waals surface area contributed by atoms with E-state index in [0.717, 1.165) is 16.2 Å². The fourth-order valence-corrected chi connectivity index (χ4v) is 5.85. The molecule has 1 nitrogen and oxygen atoms in total. The first-order valence-corrected chi connectivity index (χ1v) is 9.26. The molecule has 0 unspecified atom stereocenters. The third-order valence-corrected chi connectivity index (χ3v) is 7.63. The lowest BCUT2D eigenvalue weighted by Crippen LogP contribution is -2.20. The molecule has 0 fully saturated rings. The van der Waals surface area contributed by atoms with Crippen LogP contribution in [-0.4, -0.2) is 0 Å². The summed E-state index contributed by atoms with van der Waals surface area (Å²) in [4.78, 5) is 0. The monoisotopic (exact) mass is 306 g/mol. The molecule has 0 aromatic heterocycles. The Bertz CT molecular complexity index is 723. The van der Waals surface area contributed by atoms with E-state index >= 15 is 0 Å². The smallest absolute Gasteiger partial charge is 0.150 e. The van der Waals surface area contributed by atoms with Gasteiger partial charge in [-0.2, -0.15) is 0 Å². The molecule has 0 aliphatic carbocycles. The van der Waals surface area contributed by atoms with Crippen LogP contribution in [0, 0.1) is 0 Å². The van der Waals surface area contributed by atoms with Crippen molar-refractivity contribution in [3.8, 4) is 0 Å². The van der Waals surface area contributed by atoms with Gasteiger partial charge in [-0.15, -0.1) is 0 Å². The summed E-state index contributed by atoms with van der Waals surface area (Å²) in [5, 5.41) is 1.83. The Morgan fingerprint density at radius 3 is 1.41 bits per heavy atom. The maximum atomic E-state index is 14.1. The minimum absolute atomic E-state index is 0.0569. The molecule has 0 N–H and O–H groups in total. The van der Waals surface area contributed by atoms with Crippen molar-refractivity contribution < 1.29 is 4.57 Å². The molecule has 3 aromatic carbocycles. The van der Waals surface area contributed by atoms with Crippen molar-refractivity contribution in [2.45, 2.75) is 12.6 Å². The van der Waals surface area contributed by atoms with E-state index in [9.17, 15) is 4.57 Å². The molecule has 0 radical (unpaired) electrons. The second-order valence-electron chi connectivity index (χ2n) is 5.42. The van der Waals surface area contributed by atoms with E-state index < -0.39 is 7.14 Å². The van der Waals surface area contributed by atoms with Gasteiger partial charge in [0.2, 0.25) is 0 Å². The van der Waals surface area contributed by atoms with Crippen molar-refractivity contribution >= 4 is 17.8 Å². The zero-order valence-electron chi connectivity index (χ0n) is 12.6. The summed E-state index contributed by atoms with van der Waals surface area (Å²) in [6, 6.07) is 29.8. The van der Waals surface area contributed by atoms with Gasteiger partial charge in [0.15, 0.2) is 0 Å². The third kappa shape index (κ3) is 2.65. The zero-order valence-corrected chi connectivity index (χ0v) is 13.5. The van der Waals surface area contributed by atoms with Crippen LogP contribution in [0.2, 0.25) is 0 Å². The van der Waals surface area contributed by atoms with Crippen molar-refractivity contribution in [2.24, 2.45) is 0 Å². The molecule has 1 atom stereocenters. The van der Waals surface area contributed by atoms with E-state index in [-0.39, 0.29) is 5.66 Å². The van der Waals surface area contributed by atoms with Crippen LogP contribution in [0.5, 0.6) is 0 Å². The molecule has 0 heterocycles. The molecule has 22 heavy (non-hydrogen) atoms. The molecule has 0 saturated carbocycles. The summed E-state index contributed by atoms with van der Waals surface area (Å²) < 4.78 is 14.1. The molecule has 110 valence electrons. The third-order valence-electron chi connectivity index (χ3n) is 4.11. The molecule has 3 rings (SSSR count). The van der Waals surface area contributed by atoms with Crippen molar-refractivity contribution in [3.63, 3.8) is 0 Å². The van der Waals surface area contributed by atoms with E-state index in [4.69, 9.17) is 0 Å². The lowest BCUT2D eigenvalue weighted by molar-refractivity contribution is 0.581. The Hall–Kier alpha value is -2.11. The zero-order chi connectivity index (χ0) is 15.4. The van der Waals surface area contributed by atoms with Gasteiger partial charge in [0.1, 0.15) is 7.14 Å². The van der Waals surface area contributed by atoms with Gasteiger partial charge in [-0.1, -0.05) is 97.9 Å². The SMILES string of the molecule is C[C@@H](c1ccccc1)P(=O)(c1ccccc1)c1ccccc1. The summed E-state index contributed by atoms with van der Waals surface area (Å²) in [5.41, 5.74) is 1.05. The van der Waals surface area contributed by atoms with E-state index in [1.54, 1.807) is 0 Å². The van der Waals surface area contributed by atoms with Crippen LogP contribution in [0.15, 0.2) is 91.0 Å². The van der Waals surface area contributed by atoms with Gasteiger partial charge in [-0.05, 0) is 5.56 Å². The van der Waals surface area contributed by atoms with Crippen LogP contribution in [0.1, 0.15) is 18.1 Å². The number of benzene rings is 3. The number of hydrogen-bond acceptors (Lipinski definition) is 1. The van der Waals surface area contributed by atoms with Crippen molar-refractivity contribution in [3.05, 3.63) is 96.6 Å². The second kappa shape index (κ2) is 6.34. The summed E-state index contributed by atoms with van der Waals surface area (Å²) in [6.45, 7) is 2.07. The molecular weight excluding hydrogens is 287 g/mol. The topological polar surface area (TPSA) is 17.1 Å². The molecule has 0 aliphatic rings. The quantitative estimate of drug-likeness (QED) is 0.635. The van der Waals surface area contributed by atoms with Crippen molar-refractivity contribution in [1.82, 2.24) is 0 Å². The van der Waals surface area contributed by atoms with Crippen LogP contribution in [0.25, 0.3) is 0 Å². The van der Waals surface area contributed by atoms with Crippen LogP contribution in [0.4, 0.5) is 0 Å². The van der Waals surface area contributed by atoms with Gasteiger partial charge < -0.3 is 4.57 Å². The molecule has 2 heteroatoms. The summed E-state index contributed by atoms with van der Waals surface area (Å²) in [6.07, 6.45) is 0.